The van der Waals surface area contributed by atoms with Crippen LogP contribution in [0.4, 0.5) is 29.2 Å². The number of rotatable bonds is 20. The molecule has 37 heteroatoms. The Balaban J connectivity index is 0.961. The van der Waals surface area contributed by atoms with E-state index in [-0.39, 0.29) is 79.8 Å². The molecule has 0 spiro atoms. The Morgan fingerprint density at radius 1 is 0.864 bits per heavy atom. The van der Waals surface area contributed by atoms with Crippen LogP contribution in [0, 0.1) is 0 Å². The maximum Gasteiger partial charge on any atom is 0.280 e. The molecule has 0 saturated carbocycles. The number of nitrogens with zero attached hydrogens (tertiary/aromatic N) is 10. The van der Waals surface area contributed by atoms with Crippen molar-refractivity contribution in [3.05, 3.63) is 39.7 Å². The fourth-order valence-corrected chi connectivity index (χ4v) is 13.1. The number of aromatic nitrogens is 10. The van der Waals surface area contributed by atoms with E-state index in [2.05, 4.69) is 58.3 Å². The quantitative estimate of drug-likeness (QED) is 0.0242. The van der Waals surface area contributed by atoms with Crippen LogP contribution in [0.5, 0.6) is 0 Å². The molecular weight excluding hydrogens is 1110 g/mol. The molecule has 5 aromatic rings. The van der Waals surface area contributed by atoms with E-state index in [1.807, 2.05) is 0 Å². The molecular formula is C29H42IN18O12P3S3. The highest BCUT2D eigenvalue weighted by atomic mass is 127. The van der Waals surface area contributed by atoms with Gasteiger partial charge in [-0.1, -0.05) is 0 Å². The minimum Gasteiger partial charge on any atom is -0.394 e. The lowest BCUT2D eigenvalue weighted by Gasteiger charge is -2.28. The standard InChI is InChI=1S/C29H42IN18O12P3S3/c1-34-61(52,64)57-6-15-13(2-17(59-15)47-10-38-19-22(31)35-8-36-23(19)47)44-63(54,66)58-7-16-14(3-18(60-16)48-25-21(43-30-48)27(51)42-29(33)40-25)45-62(53,65)56-5-12(4-49)55-11-46-9-37-20-24(46)39-28(32)41-26(20)50/h8-10,12-18,49H,2-7,11H2,1H3,(H2,31,35,36)(H2,34,52,64)(H2,44,54,66)(H2,45,53,65)(H3,32,39,41,50)(H3,33,40,42,51). The van der Waals surface area contributed by atoms with Gasteiger partial charge in [0, 0.05) is 24.9 Å². The first kappa shape index (κ1) is 49.4. The van der Waals surface area contributed by atoms with Crippen LogP contribution in [-0.4, -0.2) is 139 Å². The minimum atomic E-state index is -3.95. The summed E-state index contributed by atoms with van der Waals surface area (Å²) in [6, 6.07) is -1.58. The van der Waals surface area contributed by atoms with Crippen molar-refractivity contribution in [1.82, 2.24) is 64.3 Å². The molecule has 2 saturated heterocycles. The number of imidazole rings is 2. The molecule has 8 heterocycles. The second-order valence-corrected chi connectivity index (χ2v) is 25.8. The Labute approximate surface area is 396 Å². The van der Waals surface area contributed by atoms with Gasteiger partial charge in [-0.3, -0.25) is 31.8 Å². The smallest absolute Gasteiger partial charge is 0.280 e. The molecule has 0 radical (unpaired) electrons. The van der Waals surface area contributed by atoms with E-state index in [0.29, 0.717) is 11.2 Å². The SMILES string of the molecule is CNP(O)(=S)OCC1OC(n2cnc3c(N)ncnc32)CC1NP(O)(=S)OCC1OC(N2I=Nc3c2nc(N)[nH]c3=O)CC1NP(O)(=S)OCC(CO)OCn1cnc2c(=O)[nH]c(N)nc21. The average molecular weight is 1150 g/mol. The van der Waals surface area contributed by atoms with Gasteiger partial charge in [0.1, 0.15) is 58.4 Å². The third kappa shape index (κ3) is 11.2. The first-order valence-corrected chi connectivity index (χ1v) is 29.2. The predicted molar refractivity (Wildman–Crippen MR) is 254 cm³/mol. The number of aliphatic hydroxyl groups excluding tert-OH is 1. The molecule has 2 fully saturated rings. The topological polar surface area (TPSA) is 419 Å². The minimum absolute atomic E-state index is 0.0243. The Morgan fingerprint density at radius 2 is 1.50 bits per heavy atom. The molecule has 3 aliphatic heterocycles. The Morgan fingerprint density at radius 3 is 2.21 bits per heavy atom. The van der Waals surface area contributed by atoms with Crippen molar-refractivity contribution < 1.29 is 47.6 Å². The summed E-state index contributed by atoms with van der Waals surface area (Å²) < 4.78 is 45.0. The molecule has 15 N–H and O–H groups in total. The number of nitrogens with one attached hydrogen (secondary N) is 5. The number of ether oxygens (including phenoxy) is 3. The van der Waals surface area contributed by atoms with E-state index in [0.717, 1.165) is 0 Å². The van der Waals surface area contributed by atoms with Crippen LogP contribution in [0.2, 0.25) is 0 Å². The zero-order valence-electron chi connectivity index (χ0n) is 33.9. The second-order valence-electron chi connectivity index (χ2n) is 14.5. The molecule has 360 valence electrons. The van der Waals surface area contributed by atoms with Gasteiger partial charge in [-0.2, -0.15) is 13.1 Å². The maximum atomic E-state index is 12.6. The van der Waals surface area contributed by atoms with Crippen molar-refractivity contribution in [2.75, 3.05) is 53.8 Å². The zero-order valence-corrected chi connectivity index (χ0v) is 41.2. The summed E-state index contributed by atoms with van der Waals surface area (Å²) in [7, 11) is 1.45. The summed E-state index contributed by atoms with van der Waals surface area (Å²) in [5.74, 6) is 0.101. The number of H-pyrrole nitrogens is 2. The predicted octanol–water partition coefficient (Wildman–Crippen LogP) is -1.42. The number of halogens is 1. The monoisotopic (exact) mass is 1150 g/mol. The van der Waals surface area contributed by atoms with Crippen LogP contribution in [0.25, 0.3) is 22.3 Å². The fraction of sp³-hybridized carbons (Fsp3) is 0.517. The summed E-state index contributed by atoms with van der Waals surface area (Å²) in [5.41, 5.74) is 17.5. The van der Waals surface area contributed by atoms with Gasteiger partial charge >= 0.3 is 0 Å². The van der Waals surface area contributed by atoms with Gasteiger partial charge in [-0.15, -0.1) is 0 Å². The average Bonchev–Trinajstić information content (AvgIpc) is 4.10. The van der Waals surface area contributed by atoms with Gasteiger partial charge in [0.25, 0.3) is 31.0 Å². The largest absolute Gasteiger partial charge is 0.394 e. The molecule has 10 unspecified atom stereocenters. The highest BCUT2D eigenvalue weighted by molar-refractivity contribution is 14.2. The van der Waals surface area contributed by atoms with E-state index >= 15 is 0 Å². The number of aliphatic hydroxyl groups is 1. The number of hydrogen-bond acceptors (Lipinski definition) is 23. The lowest BCUT2D eigenvalue weighted by molar-refractivity contribution is -0.0441. The van der Waals surface area contributed by atoms with Crippen LogP contribution < -0.4 is 46.7 Å². The number of anilines is 4. The number of aromatic amines is 2. The van der Waals surface area contributed by atoms with Gasteiger partial charge in [-0.25, -0.2) is 35.2 Å². The Hall–Kier alpha value is -3.06. The normalized spacial score (nSPS) is 25.1. The molecule has 0 aliphatic carbocycles. The lowest BCUT2D eigenvalue weighted by Crippen LogP contribution is -2.40. The van der Waals surface area contributed by atoms with Crippen LogP contribution in [0.1, 0.15) is 19.1 Å². The third-order valence-electron chi connectivity index (χ3n) is 10.1. The molecule has 0 bridgehead atoms. The second kappa shape index (κ2) is 20.1. The molecule has 66 heavy (non-hydrogen) atoms. The fourth-order valence-electron chi connectivity index (χ4n) is 6.92. The van der Waals surface area contributed by atoms with Crippen molar-refractivity contribution in [1.29, 1.82) is 0 Å². The van der Waals surface area contributed by atoms with Gasteiger partial charge < -0.3 is 64.8 Å². The molecule has 30 nitrogen and oxygen atoms in total. The summed E-state index contributed by atoms with van der Waals surface area (Å²) in [6.45, 7) is -13.0. The number of nitrogens with two attached hydrogens (primary N) is 3. The van der Waals surface area contributed by atoms with E-state index in [1.165, 1.54) is 30.6 Å². The van der Waals surface area contributed by atoms with Crippen molar-refractivity contribution >= 4 is 128 Å². The summed E-state index contributed by atoms with van der Waals surface area (Å²) in [6.07, 6.45) is -0.0281. The molecule has 0 amide bonds. The summed E-state index contributed by atoms with van der Waals surface area (Å²) in [5, 5.41) is 18.6. The molecule has 3 aliphatic rings. The molecule has 5 aromatic heterocycles. The van der Waals surface area contributed by atoms with E-state index in [9.17, 15) is 29.4 Å². The van der Waals surface area contributed by atoms with Crippen LogP contribution in [0.3, 0.4) is 0 Å². The summed E-state index contributed by atoms with van der Waals surface area (Å²) in [4.78, 5) is 88.2. The number of fused-ring (bicyclic) bond motifs is 3. The highest BCUT2D eigenvalue weighted by Gasteiger charge is 2.45. The van der Waals surface area contributed by atoms with E-state index in [4.69, 9.17) is 80.4 Å². The van der Waals surface area contributed by atoms with E-state index < -0.39 is 102 Å². The van der Waals surface area contributed by atoms with Crippen molar-refractivity contribution in [3.8, 4) is 0 Å². The van der Waals surface area contributed by atoms with Crippen LogP contribution in [0.15, 0.2) is 31.7 Å². The molecule has 8 rings (SSSR count). The maximum absolute atomic E-state index is 12.6. The molecule has 0 aromatic carbocycles. The Bertz CT molecular complexity index is 2910. The zero-order chi connectivity index (χ0) is 47.1. The highest BCUT2D eigenvalue weighted by Crippen LogP contribution is 2.48. The lowest BCUT2D eigenvalue weighted by atomic mass is 10.1. The van der Waals surface area contributed by atoms with Crippen molar-refractivity contribution in [2.45, 2.75) is 62.4 Å². The number of hydrogen-bond donors (Lipinski definition) is 12. The van der Waals surface area contributed by atoms with E-state index in [1.54, 1.807) is 7.68 Å². The third-order valence-corrected chi connectivity index (χ3v) is 17.8. The van der Waals surface area contributed by atoms with Crippen LogP contribution in [-0.2, 0) is 69.9 Å². The van der Waals surface area contributed by atoms with Gasteiger partial charge in [0.05, 0.1) is 51.3 Å². The van der Waals surface area contributed by atoms with Crippen molar-refractivity contribution in [2.24, 2.45) is 3.15 Å². The van der Waals surface area contributed by atoms with Gasteiger partial charge in [0.2, 0.25) is 11.9 Å². The van der Waals surface area contributed by atoms with Gasteiger partial charge in [-0.05, 0) is 42.5 Å². The summed E-state index contributed by atoms with van der Waals surface area (Å²) >= 11 is 15.0. The Kier molecular flexibility index (Phi) is 15.0. The first-order valence-electron chi connectivity index (χ1n) is 19.2. The first-order chi connectivity index (χ1) is 31.3. The number of nitrogen functional groups attached to an aromatic ring is 3. The van der Waals surface area contributed by atoms with Gasteiger partial charge in [0.15, 0.2) is 34.1 Å². The van der Waals surface area contributed by atoms with Crippen molar-refractivity contribution in [3.63, 3.8) is 0 Å². The molecule has 10 atom stereocenters. The van der Waals surface area contributed by atoms with Crippen LogP contribution >= 0.6 is 41.2 Å².